The number of fused-ring (bicyclic) bond motifs is 1. The molecule has 0 aliphatic carbocycles. The molecule has 0 amide bonds. The fourth-order valence-electron chi connectivity index (χ4n) is 2.86. The molecule has 0 fully saturated rings. The lowest BCUT2D eigenvalue weighted by molar-refractivity contribution is 0.0293. The standard InChI is InChI=1S/C19H24N2O3/c1-19(9-8-14-6-7-16(22)13-18(14)24-19)21-10-3-11-23-17-5-2-4-15(20)12-17/h2,4-7,12-13,21-22H,3,8-11,20H2,1H3. The first kappa shape index (κ1) is 16.5. The van der Waals surface area contributed by atoms with Crippen molar-refractivity contribution in [3.63, 3.8) is 0 Å². The number of hydrogen-bond acceptors (Lipinski definition) is 5. The molecule has 0 spiro atoms. The Labute approximate surface area is 142 Å². The normalized spacial score (nSPS) is 19.4. The Hall–Kier alpha value is -2.40. The molecule has 0 aromatic heterocycles. The Bertz CT molecular complexity index is 705. The van der Waals surface area contributed by atoms with E-state index in [0.717, 1.165) is 42.9 Å². The van der Waals surface area contributed by atoms with Gasteiger partial charge in [-0.1, -0.05) is 12.1 Å². The van der Waals surface area contributed by atoms with Crippen LogP contribution in [0.4, 0.5) is 5.69 Å². The van der Waals surface area contributed by atoms with Gasteiger partial charge in [0.1, 0.15) is 17.2 Å². The van der Waals surface area contributed by atoms with E-state index >= 15 is 0 Å². The SMILES string of the molecule is CC1(NCCCOc2cccc(N)c2)CCc2ccc(O)cc2O1. The highest BCUT2D eigenvalue weighted by atomic mass is 16.5. The number of benzene rings is 2. The van der Waals surface area contributed by atoms with E-state index < -0.39 is 5.72 Å². The monoisotopic (exact) mass is 328 g/mol. The Kier molecular flexibility index (Phi) is 4.81. The van der Waals surface area contributed by atoms with Gasteiger partial charge < -0.3 is 20.3 Å². The summed E-state index contributed by atoms with van der Waals surface area (Å²) in [5.74, 6) is 1.78. The third-order valence-corrected chi connectivity index (χ3v) is 4.20. The highest BCUT2D eigenvalue weighted by molar-refractivity contribution is 5.43. The van der Waals surface area contributed by atoms with Crippen LogP contribution >= 0.6 is 0 Å². The van der Waals surface area contributed by atoms with E-state index in [-0.39, 0.29) is 5.75 Å². The summed E-state index contributed by atoms with van der Waals surface area (Å²) < 4.78 is 11.7. The second-order valence-electron chi connectivity index (χ2n) is 6.33. The Morgan fingerprint density at radius 1 is 1.29 bits per heavy atom. The maximum atomic E-state index is 9.61. The third-order valence-electron chi connectivity index (χ3n) is 4.20. The van der Waals surface area contributed by atoms with Crippen molar-refractivity contribution in [1.82, 2.24) is 5.32 Å². The number of ether oxygens (including phenoxy) is 2. The third kappa shape index (κ3) is 4.11. The molecule has 1 heterocycles. The van der Waals surface area contributed by atoms with Crippen LogP contribution in [-0.4, -0.2) is 24.0 Å². The van der Waals surface area contributed by atoms with E-state index in [1.165, 1.54) is 0 Å². The highest BCUT2D eigenvalue weighted by Crippen LogP contribution is 2.34. The molecule has 2 aromatic carbocycles. The molecule has 0 bridgehead atoms. The molecular formula is C19H24N2O3. The zero-order valence-corrected chi connectivity index (χ0v) is 13.9. The number of phenolic OH excluding ortho intramolecular Hbond substituents is 1. The van der Waals surface area contributed by atoms with Gasteiger partial charge in [0.15, 0.2) is 5.72 Å². The second-order valence-corrected chi connectivity index (χ2v) is 6.33. The van der Waals surface area contributed by atoms with Gasteiger partial charge in [-0.3, -0.25) is 5.32 Å². The van der Waals surface area contributed by atoms with Crippen molar-refractivity contribution in [2.45, 2.75) is 31.9 Å². The van der Waals surface area contributed by atoms with Crippen molar-refractivity contribution in [3.8, 4) is 17.2 Å². The number of rotatable bonds is 6. The number of phenols is 1. The zero-order chi connectivity index (χ0) is 17.0. The topological polar surface area (TPSA) is 76.7 Å². The molecule has 4 N–H and O–H groups in total. The largest absolute Gasteiger partial charge is 0.508 e. The molecule has 128 valence electrons. The molecule has 3 rings (SSSR count). The highest BCUT2D eigenvalue weighted by Gasteiger charge is 2.30. The first-order valence-electron chi connectivity index (χ1n) is 8.28. The van der Waals surface area contributed by atoms with Crippen LogP contribution < -0.4 is 20.5 Å². The van der Waals surface area contributed by atoms with E-state index in [4.69, 9.17) is 15.2 Å². The van der Waals surface area contributed by atoms with Crippen molar-refractivity contribution >= 4 is 5.69 Å². The molecular weight excluding hydrogens is 304 g/mol. The van der Waals surface area contributed by atoms with Crippen LogP contribution in [0.1, 0.15) is 25.3 Å². The number of hydrogen-bond donors (Lipinski definition) is 3. The van der Waals surface area contributed by atoms with Gasteiger partial charge >= 0.3 is 0 Å². The lowest BCUT2D eigenvalue weighted by atomic mass is 9.98. The molecule has 1 unspecified atom stereocenters. The summed E-state index contributed by atoms with van der Waals surface area (Å²) in [6.45, 7) is 3.44. The quantitative estimate of drug-likeness (QED) is 0.561. The fraction of sp³-hybridized carbons (Fsp3) is 0.368. The van der Waals surface area contributed by atoms with Crippen LogP contribution in [0.15, 0.2) is 42.5 Å². The number of nitrogens with one attached hydrogen (secondary N) is 1. The molecule has 0 saturated carbocycles. The van der Waals surface area contributed by atoms with Gasteiger partial charge in [-0.15, -0.1) is 0 Å². The summed E-state index contributed by atoms with van der Waals surface area (Å²) >= 11 is 0. The molecule has 5 heteroatoms. The lowest BCUT2D eigenvalue weighted by Crippen LogP contribution is -2.50. The van der Waals surface area contributed by atoms with E-state index in [2.05, 4.69) is 5.32 Å². The first-order valence-corrected chi connectivity index (χ1v) is 8.28. The number of aromatic hydroxyl groups is 1. The minimum absolute atomic E-state index is 0.230. The minimum atomic E-state index is -0.419. The summed E-state index contributed by atoms with van der Waals surface area (Å²) in [5.41, 5.74) is 7.15. The molecule has 1 aliphatic heterocycles. The van der Waals surface area contributed by atoms with Gasteiger partial charge in [-0.25, -0.2) is 0 Å². The van der Waals surface area contributed by atoms with Gasteiger partial charge in [0, 0.05) is 30.8 Å². The molecule has 2 aromatic rings. The Balaban J connectivity index is 1.45. The van der Waals surface area contributed by atoms with Gasteiger partial charge in [0.2, 0.25) is 0 Å². The number of nitrogens with two attached hydrogens (primary N) is 1. The maximum Gasteiger partial charge on any atom is 0.158 e. The van der Waals surface area contributed by atoms with Crippen molar-refractivity contribution in [1.29, 1.82) is 0 Å². The maximum absolute atomic E-state index is 9.61. The predicted molar refractivity (Wildman–Crippen MR) is 94.4 cm³/mol. The molecule has 24 heavy (non-hydrogen) atoms. The number of anilines is 1. The predicted octanol–water partition coefficient (Wildman–Crippen LogP) is 3.07. The van der Waals surface area contributed by atoms with E-state index in [1.54, 1.807) is 12.1 Å². The average Bonchev–Trinajstić information content (AvgIpc) is 2.54. The lowest BCUT2D eigenvalue weighted by Gasteiger charge is -2.36. The van der Waals surface area contributed by atoms with Crippen molar-refractivity contribution in [3.05, 3.63) is 48.0 Å². The molecule has 0 radical (unpaired) electrons. The van der Waals surface area contributed by atoms with Crippen LogP contribution in [-0.2, 0) is 6.42 Å². The van der Waals surface area contributed by atoms with Gasteiger partial charge in [-0.05, 0) is 43.5 Å². The first-order chi connectivity index (χ1) is 11.5. The zero-order valence-electron chi connectivity index (χ0n) is 13.9. The summed E-state index contributed by atoms with van der Waals surface area (Å²) in [4.78, 5) is 0. The second kappa shape index (κ2) is 7.01. The Morgan fingerprint density at radius 2 is 2.17 bits per heavy atom. The Morgan fingerprint density at radius 3 is 3.00 bits per heavy atom. The summed E-state index contributed by atoms with van der Waals surface area (Å²) in [7, 11) is 0. The van der Waals surface area contributed by atoms with E-state index in [9.17, 15) is 5.11 Å². The number of aryl methyl sites for hydroxylation is 1. The van der Waals surface area contributed by atoms with Crippen molar-refractivity contribution in [2.75, 3.05) is 18.9 Å². The van der Waals surface area contributed by atoms with Crippen LogP contribution in [0.5, 0.6) is 17.2 Å². The molecule has 1 aliphatic rings. The number of nitrogen functional groups attached to an aromatic ring is 1. The van der Waals surface area contributed by atoms with Crippen LogP contribution in [0.3, 0.4) is 0 Å². The fourth-order valence-corrected chi connectivity index (χ4v) is 2.86. The van der Waals surface area contributed by atoms with Crippen LogP contribution in [0.25, 0.3) is 0 Å². The molecule has 0 saturated heterocycles. The van der Waals surface area contributed by atoms with E-state index in [1.807, 2.05) is 37.3 Å². The van der Waals surface area contributed by atoms with Gasteiger partial charge in [-0.2, -0.15) is 0 Å². The van der Waals surface area contributed by atoms with E-state index in [0.29, 0.717) is 12.3 Å². The van der Waals surface area contributed by atoms with Gasteiger partial charge in [0.25, 0.3) is 0 Å². The molecule has 5 nitrogen and oxygen atoms in total. The summed E-state index contributed by atoms with van der Waals surface area (Å²) in [6, 6.07) is 12.7. The summed E-state index contributed by atoms with van der Waals surface area (Å²) in [6.07, 6.45) is 2.68. The van der Waals surface area contributed by atoms with Crippen LogP contribution in [0.2, 0.25) is 0 Å². The smallest absolute Gasteiger partial charge is 0.158 e. The van der Waals surface area contributed by atoms with Gasteiger partial charge in [0.05, 0.1) is 6.61 Å². The van der Waals surface area contributed by atoms with Crippen molar-refractivity contribution < 1.29 is 14.6 Å². The molecule has 1 atom stereocenters. The average molecular weight is 328 g/mol. The van der Waals surface area contributed by atoms with Crippen LogP contribution in [0, 0.1) is 0 Å². The summed E-state index contributed by atoms with van der Waals surface area (Å²) in [5, 5.41) is 13.1. The minimum Gasteiger partial charge on any atom is -0.508 e. The van der Waals surface area contributed by atoms with Crippen molar-refractivity contribution in [2.24, 2.45) is 0 Å².